The van der Waals surface area contributed by atoms with Crippen LogP contribution >= 0.6 is 0 Å². The van der Waals surface area contributed by atoms with Crippen LogP contribution in [0.15, 0.2) is 48.9 Å². The van der Waals surface area contributed by atoms with Gasteiger partial charge in [-0.05, 0) is 29.5 Å². The van der Waals surface area contributed by atoms with E-state index < -0.39 is 4.92 Å². The maximum atomic E-state index is 11.5. The molecule has 7 heteroatoms. The van der Waals surface area contributed by atoms with Crippen molar-refractivity contribution >= 4 is 17.3 Å². The Morgan fingerprint density at radius 3 is 2.82 bits per heavy atom. The molecule has 3 rings (SSSR count). The highest BCUT2D eigenvalue weighted by Gasteiger charge is 2.27. The Morgan fingerprint density at radius 1 is 1.32 bits per heavy atom. The van der Waals surface area contributed by atoms with Crippen molar-refractivity contribution in [2.75, 3.05) is 11.9 Å². The highest BCUT2D eigenvalue weighted by atomic mass is 16.6. The number of nitro groups is 1. The van der Waals surface area contributed by atoms with Gasteiger partial charge in [-0.15, -0.1) is 0 Å². The maximum Gasteiger partial charge on any atom is 0.372 e. The molecule has 0 saturated carbocycles. The zero-order chi connectivity index (χ0) is 15.7. The molecule has 3 heterocycles. The van der Waals surface area contributed by atoms with E-state index in [4.69, 9.17) is 0 Å². The minimum absolute atomic E-state index is 0.0335. The first-order valence-electron chi connectivity index (χ1n) is 6.84. The fraction of sp³-hybridized carbons (Fsp3) is 0.200. The number of nitrogens with zero attached hydrogens (tertiary/aromatic N) is 5. The van der Waals surface area contributed by atoms with E-state index >= 15 is 0 Å². The standard InChI is InChI=1S/C15H15N5O2/c1-11(12-6-5-8-16-10-12)18(2)14-15(20(21)22)19-9-4-3-7-13(19)17-14/h3-11H,1-2H3. The molecule has 0 spiro atoms. The second-order valence-electron chi connectivity index (χ2n) is 5.02. The molecule has 22 heavy (non-hydrogen) atoms. The molecule has 0 aliphatic heterocycles. The van der Waals surface area contributed by atoms with Crippen molar-refractivity contribution in [1.82, 2.24) is 14.4 Å². The molecule has 0 aliphatic rings. The summed E-state index contributed by atoms with van der Waals surface area (Å²) in [5.41, 5.74) is 1.52. The number of anilines is 1. The number of hydrogen-bond acceptors (Lipinski definition) is 5. The zero-order valence-corrected chi connectivity index (χ0v) is 12.2. The Hall–Kier alpha value is -2.96. The fourth-order valence-electron chi connectivity index (χ4n) is 2.41. The van der Waals surface area contributed by atoms with E-state index in [2.05, 4.69) is 9.97 Å². The molecule has 7 nitrogen and oxygen atoms in total. The number of fused-ring (bicyclic) bond motifs is 1. The van der Waals surface area contributed by atoms with Crippen molar-refractivity contribution < 1.29 is 4.92 Å². The van der Waals surface area contributed by atoms with Crippen LogP contribution in [0.1, 0.15) is 18.5 Å². The molecule has 3 aromatic rings. The monoisotopic (exact) mass is 297 g/mol. The maximum absolute atomic E-state index is 11.5. The van der Waals surface area contributed by atoms with Gasteiger partial charge in [-0.2, -0.15) is 9.38 Å². The third kappa shape index (κ3) is 2.26. The van der Waals surface area contributed by atoms with E-state index in [9.17, 15) is 10.1 Å². The molecular formula is C15H15N5O2. The van der Waals surface area contributed by atoms with Crippen LogP contribution in [-0.4, -0.2) is 26.3 Å². The quantitative estimate of drug-likeness (QED) is 0.546. The van der Waals surface area contributed by atoms with Gasteiger partial charge in [-0.25, -0.2) is 0 Å². The van der Waals surface area contributed by atoms with Gasteiger partial charge < -0.3 is 15.0 Å². The average molecular weight is 297 g/mol. The molecule has 112 valence electrons. The van der Waals surface area contributed by atoms with Gasteiger partial charge in [0.15, 0.2) is 0 Å². The Bertz CT molecular complexity index is 815. The lowest BCUT2D eigenvalue weighted by Crippen LogP contribution is -2.23. The SMILES string of the molecule is CC(c1cccnc1)N(C)c1nc2ccccn2c1[N+](=O)[O-]. The van der Waals surface area contributed by atoms with Crippen molar-refractivity contribution in [2.45, 2.75) is 13.0 Å². The van der Waals surface area contributed by atoms with Gasteiger partial charge >= 0.3 is 5.82 Å². The summed E-state index contributed by atoms with van der Waals surface area (Å²) >= 11 is 0. The zero-order valence-electron chi connectivity index (χ0n) is 12.2. The lowest BCUT2D eigenvalue weighted by Gasteiger charge is -2.24. The summed E-state index contributed by atoms with van der Waals surface area (Å²) < 4.78 is 1.49. The normalized spacial score (nSPS) is 12.3. The molecule has 0 saturated heterocycles. The molecule has 3 aromatic heterocycles. The number of imidazole rings is 1. The van der Waals surface area contributed by atoms with Crippen molar-refractivity contribution in [3.8, 4) is 0 Å². The first kappa shape index (κ1) is 14.0. The second kappa shape index (κ2) is 5.44. The smallest absolute Gasteiger partial charge is 0.358 e. The van der Waals surface area contributed by atoms with Crippen LogP contribution in [-0.2, 0) is 0 Å². The molecule has 1 unspecified atom stereocenters. The topological polar surface area (TPSA) is 76.6 Å². The van der Waals surface area contributed by atoms with E-state index in [0.717, 1.165) is 5.56 Å². The molecule has 1 atom stereocenters. The summed E-state index contributed by atoms with van der Waals surface area (Å²) in [5.74, 6) is 0.307. The molecule has 0 aliphatic carbocycles. The molecule has 0 amide bonds. The third-order valence-corrected chi connectivity index (χ3v) is 3.74. The van der Waals surface area contributed by atoms with Crippen LogP contribution in [0, 0.1) is 10.1 Å². The second-order valence-corrected chi connectivity index (χ2v) is 5.02. The van der Waals surface area contributed by atoms with Gasteiger partial charge in [0, 0.05) is 25.5 Å². The highest BCUT2D eigenvalue weighted by molar-refractivity contribution is 5.63. The van der Waals surface area contributed by atoms with E-state index in [1.54, 1.807) is 48.7 Å². The van der Waals surface area contributed by atoms with Crippen LogP contribution in [0.5, 0.6) is 0 Å². The predicted octanol–water partition coefficient (Wildman–Crippen LogP) is 2.83. The summed E-state index contributed by atoms with van der Waals surface area (Å²) in [7, 11) is 1.80. The summed E-state index contributed by atoms with van der Waals surface area (Å²) in [6.07, 6.45) is 5.10. The lowest BCUT2D eigenvalue weighted by molar-refractivity contribution is -0.389. The summed E-state index contributed by atoms with van der Waals surface area (Å²) in [6.45, 7) is 1.96. The number of aromatic nitrogens is 3. The van der Waals surface area contributed by atoms with Crippen LogP contribution in [0.3, 0.4) is 0 Å². The van der Waals surface area contributed by atoms with E-state index in [-0.39, 0.29) is 11.9 Å². The Labute approximate surface area is 127 Å². The Balaban J connectivity index is 2.09. The van der Waals surface area contributed by atoms with Gasteiger partial charge in [0.05, 0.1) is 12.2 Å². The summed E-state index contributed by atoms with van der Waals surface area (Å²) in [6, 6.07) is 9.00. The first-order chi connectivity index (χ1) is 10.6. The predicted molar refractivity (Wildman–Crippen MR) is 82.9 cm³/mol. The molecule has 0 N–H and O–H groups in total. The third-order valence-electron chi connectivity index (χ3n) is 3.74. The van der Waals surface area contributed by atoms with Crippen LogP contribution in [0.2, 0.25) is 0 Å². The number of rotatable bonds is 4. The van der Waals surface area contributed by atoms with Crippen molar-refractivity contribution in [1.29, 1.82) is 0 Å². The number of hydrogen-bond donors (Lipinski definition) is 0. The Morgan fingerprint density at radius 2 is 2.14 bits per heavy atom. The molecule has 0 bridgehead atoms. The summed E-state index contributed by atoms with van der Waals surface area (Å²) in [5, 5.41) is 11.5. The lowest BCUT2D eigenvalue weighted by atomic mass is 10.1. The minimum atomic E-state index is -0.401. The first-order valence-corrected chi connectivity index (χ1v) is 6.84. The van der Waals surface area contributed by atoms with Crippen molar-refractivity contribution in [2.24, 2.45) is 0 Å². The van der Waals surface area contributed by atoms with Crippen LogP contribution in [0.4, 0.5) is 11.6 Å². The Kier molecular flexibility index (Phi) is 3.46. The van der Waals surface area contributed by atoms with E-state index in [1.165, 1.54) is 4.40 Å². The van der Waals surface area contributed by atoms with Gasteiger partial charge in [-0.1, -0.05) is 12.1 Å². The molecule has 0 fully saturated rings. The fourth-order valence-corrected chi connectivity index (χ4v) is 2.41. The molecular weight excluding hydrogens is 282 g/mol. The van der Waals surface area contributed by atoms with Crippen molar-refractivity contribution in [3.63, 3.8) is 0 Å². The summed E-state index contributed by atoms with van der Waals surface area (Å²) in [4.78, 5) is 21.4. The highest BCUT2D eigenvalue weighted by Crippen LogP contribution is 2.32. The molecule has 0 radical (unpaired) electrons. The van der Waals surface area contributed by atoms with Gasteiger partial charge in [0.1, 0.15) is 0 Å². The molecule has 0 aromatic carbocycles. The number of pyridine rings is 2. The van der Waals surface area contributed by atoms with Gasteiger partial charge in [0.2, 0.25) is 11.5 Å². The van der Waals surface area contributed by atoms with E-state index in [1.807, 2.05) is 19.1 Å². The van der Waals surface area contributed by atoms with E-state index in [0.29, 0.717) is 11.5 Å². The minimum Gasteiger partial charge on any atom is -0.358 e. The van der Waals surface area contributed by atoms with Crippen molar-refractivity contribution in [3.05, 3.63) is 64.6 Å². The van der Waals surface area contributed by atoms with Crippen LogP contribution in [0.25, 0.3) is 5.65 Å². The van der Waals surface area contributed by atoms with Gasteiger partial charge in [-0.3, -0.25) is 4.98 Å². The average Bonchev–Trinajstić information content (AvgIpc) is 2.94. The largest absolute Gasteiger partial charge is 0.372 e. The van der Waals surface area contributed by atoms with Crippen LogP contribution < -0.4 is 4.90 Å². The van der Waals surface area contributed by atoms with Gasteiger partial charge in [0.25, 0.3) is 0 Å².